The summed E-state index contributed by atoms with van der Waals surface area (Å²) in [6.07, 6.45) is 0.333. The van der Waals surface area contributed by atoms with Crippen LogP contribution in [0.5, 0.6) is 0 Å². The van der Waals surface area contributed by atoms with E-state index in [1.165, 1.54) is 28.9 Å². The van der Waals surface area contributed by atoms with Crippen LogP contribution in [0.2, 0.25) is 0 Å². The van der Waals surface area contributed by atoms with Gasteiger partial charge in [-0.3, -0.25) is 9.59 Å². The van der Waals surface area contributed by atoms with Crippen molar-refractivity contribution in [1.29, 1.82) is 0 Å². The maximum atomic E-state index is 12.9. The first-order chi connectivity index (χ1) is 10.6. The molecule has 0 aliphatic carbocycles. The molecule has 0 radical (unpaired) electrons. The topological polar surface area (TPSA) is 76.0 Å². The van der Waals surface area contributed by atoms with Gasteiger partial charge in [0, 0.05) is 30.6 Å². The van der Waals surface area contributed by atoms with Crippen molar-refractivity contribution in [2.24, 2.45) is 0 Å². The highest BCUT2D eigenvalue weighted by molar-refractivity contribution is 6.04. The lowest BCUT2D eigenvalue weighted by Crippen LogP contribution is -2.18. The van der Waals surface area contributed by atoms with Gasteiger partial charge in [0.25, 0.3) is 5.91 Å². The van der Waals surface area contributed by atoms with Crippen molar-refractivity contribution in [3.63, 3.8) is 0 Å². The second-order valence-corrected chi connectivity index (χ2v) is 5.00. The van der Waals surface area contributed by atoms with E-state index in [1.54, 1.807) is 6.92 Å². The van der Waals surface area contributed by atoms with Gasteiger partial charge in [-0.25, -0.2) is 9.07 Å². The second-order valence-electron chi connectivity index (χ2n) is 5.00. The van der Waals surface area contributed by atoms with Crippen molar-refractivity contribution >= 4 is 17.6 Å². The molecular weight excluding hydrogens is 287 g/mol. The fourth-order valence-corrected chi connectivity index (χ4v) is 2.40. The molecule has 0 saturated carbocycles. The zero-order valence-electron chi connectivity index (χ0n) is 12.0. The predicted octanol–water partition coefficient (Wildman–Crippen LogP) is 1.93. The molecule has 1 aliphatic heterocycles. The van der Waals surface area contributed by atoms with Crippen LogP contribution in [0.25, 0.3) is 0 Å². The van der Waals surface area contributed by atoms with Crippen LogP contribution in [0.1, 0.15) is 39.8 Å². The fraction of sp³-hybridized carbons (Fsp3) is 0.267. The smallest absolute Gasteiger partial charge is 0.256 e. The number of hydrogen-bond donors (Lipinski definition) is 2. The minimum absolute atomic E-state index is 0.123. The molecule has 0 bridgehead atoms. The third-order valence-corrected chi connectivity index (χ3v) is 3.56. The van der Waals surface area contributed by atoms with Crippen LogP contribution in [0.3, 0.4) is 0 Å². The second kappa shape index (κ2) is 5.69. The van der Waals surface area contributed by atoms with Gasteiger partial charge >= 0.3 is 0 Å². The Balaban J connectivity index is 1.88. The molecule has 2 heterocycles. The van der Waals surface area contributed by atoms with Gasteiger partial charge in [-0.1, -0.05) is 6.92 Å². The monoisotopic (exact) mass is 302 g/mol. The summed E-state index contributed by atoms with van der Waals surface area (Å²) in [5.41, 5.74) is 1.93. The van der Waals surface area contributed by atoms with E-state index >= 15 is 0 Å². The van der Waals surface area contributed by atoms with Crippen LogP contribution < -0.4 is 10.6 Å². The minimum Gasteiger partial charge on any atom is -0.307 e. The van der Waals surface area contributed by atoms with E-state index in [9.17, 15) is 14.0 Å². The number of carbonyl (C=O) groups is 2. The van der Waals surface area contributed by atoms with E-state index in [-0.39, 0.29) is 11.8 Å². The molecule has 0 unspecified atom stereocenters. The number of hydrogen-bond acceptors (Lipinski definition) is 4. The molecule has 0 fully saturated rings. The fourth-order valence-electron chi connectivity index (χ4n) is 2.40. The number of anilines is 1. The zero-order valence-corrected chi connectivity index (χ0v) is 12.0. The number of halogens is 1. The van der Waals surface area contributed by atoms with Gasteiger partial charge in [-0.05, 0) is 24.3 Å². The Labute approximate surface area is 126 Å². The van der Waals surface area contributed by atoms with Crippen LogP contribution in [0, 0.1) is 5.82 Å². The molecule has 22 heavy (non-hydrogen) atoms. The van der Waals surface area contributed by atoms with Crippen LogP contribution in [-0.4, -0.2) is 21.6 Å². The van der Waals surface area contributed by atoms with Crippen LogP contribution in [0.4, 0.5) is 10.2 Å². The summed E-state index contributed by atoms with van der Waals surface area (Å²) in [6.45, 7) is 2.85. The molecule has 0 spiro atoms. The molecule has 2 aromatic rings. The van der Waals surface area contributed by atoms with E-state index in [4.69, 9.17) is 0 Å². The van der Waals surface area contributed by atoms with Crippen molar-refractivity contribution in [3.8, 4) is 0 Å². The number of fused-ring (bicyclic) bond motifs is 1. The third-order valence-electron chi connectivity index (χ3n) is 3.56. The van der Waals surface area contributed by atoms with E-state index < -0.39 is 5.82 Å². The molecule has 0 saturated heterocycles. The van der Waals surface area contributed by atoms with E-state index in [2.05, 4.69) is 15.7 Å². The SMILES string of the molecule is CCC(=O)n1nc(NC(=O)c2ccc(F)cc2)c2c1CNC2. The van der Waals surface area contributed by atoms with Gasteiger partial charge in [0.1, 0.15) is 5.82 Å². The Bertz CT molecular complexity index is 737. The van der Waals surface area contributed by atoms with E-state index in [0.717, 1.165) is 11.3 Å². The Hall–Kier alpha value is -2.54. The van der Waals surface area contributed by atoms with Crippen LogP contribution >= 0.6 is 0 Å². The molecule has 1 amide bonds. The van der Waals surface area contributed by atoms with Crippen LogP contribution in [0.15, 0.2) is 24.3 Å². The first kappa shape index (κ1) is 14.4. The van der Waals surface area contributed by atoms with Crippen molar-refractivity contribution < 1.29 is 14.0 Å². The average Bonchev–Trinajstić information content (AvgIpc) is 3.11. The summed E-state index contributed by atoms with van der Waals surface area (Å²) >= 11 is 0. The van der Waals surface area contributed by atoms with Crippen molar-refractivity contribution in [1.82, 2.24) is 15.1 Å². The quantitative estimate of drug-likeness (QED) is 0.908. The van der Waals surface area contributed by atoms with Gasteiger partial charge in [-0.15, -0.1) is 5.10 Å². The number of nitrogens with one attached hydrogen (secondary N) is 2. The summed E-state index contributed by atoms with van der Waals surface area (Å²) < 4.78 is 14.2. The zero-order chi connectivity index (χ0) is 15.7. The highest BCUT2D eigenvalue weighted by atomic mass is 19.1. The molecule has 2 N–H and O–H groups in total. The molecule has 114 valence electrons. The summed E-state index contributed by atoms with van der Waals surface area (Å²) in [5, 5.41) is 10.0. The molecule has 7 heteroatoms. The van der Waals surface area contributed by atoms with Crippen molar-refractivity contribution in [3.05, 3.63) is 46.9 Å². The lowest BCUT2D eigenvalue weighted by atomic mass is 10.2. The van der Waals surface area contributed by atoms with Gasteiger partial charge in [-0.2, -0.15) is 0 Å². The number of benzene rings is 1. The first-order valence-electron chi connectivity index (χ1n) is 7.01. The Morgan fingerprint density at radius 1 is 1.32 bits per heavy atom. The lowest BCUT2D eigenvalue weighted by molar-refractivity contribution is 0.0888. The summed E-state index contributed by atoms with van der Waals surface area (Å²) in [5.74, 6) is -0.541. The van der Waals surface area contributed by atoms with Crippen LogP contribution in [-0.2, 0) is 13.1 Å². The summed E-state index contributed by atoms with van der Waals surface area (Å²) in [4.78, 5) is 24.1. The number of aromatic nitrogens is 2. The van der Waals surface area contributed by atoms with Crippen molar-refractivity contribution in [2.45, 2.75) is 26.4 Å². The molecule has 0 atom stereocenters. The lowest BCUT2D eigenvalue weighted by Gasteiger charge is -2.04. The Kier molecular flexibility index (Phi) is 3.72. The van der Waals surface area contributed by atoms with E-state index in [1.807, 2.05) is 0 Å². The molecule has 1 aromatic heterocycles. The van der Waals surface area contributed by atoms with Gasteiger partial charge in [0.2, 0.25) is 5.91 Å². The maximum absolute atomic E-state index is 12.9. The molecular formula is C15H15FN4O2. The first-order valence-corrected chi connectivity index (χ1v) is 7.01. The predicted molar refractivity (Wildman–Crippen MR) is 78.0 cm³/mol. The number of amides is 1. The summed E-state index contributed by atoms with van der Waals surface area (Å²) in [7, 11) is 0. The minimum atomic E-state index is -0.403. The molecule has 1 aliphatic rings. The third kappa shape index (κ3) is 2.50. The Morgan fingerprint density at radius 3 is 2.73 bits per heavy atom. The standard InChI is InChI=1S/C15H15FN4O2/c1-2-13(21)20-12-8-17-7-11(12)14(19-20)18-15(22)9-3-5-10(16)6-4-9/h3-6,17H,2,7-8H2,1H3,(H,18,19,22). The number of carbonyl (C=O) groups excluding carboxylic acids is 2. The highest BCUT2D eigenvalue weighted by Gasteiger charge is 2.25. The largest absolute Gasteiger partial charge is 0.307 e. The maximum Gasteiger partial charge on any atom is 0.256 e. The van der Waals surface area contributed by atoms with Crippen molar-refractivity contribution in [2.75, 3.05) is 5.32 Å². The molecule has 3 rings (SSSR count). The Morgan fingerprint density at radius 2 is 2.05 bits per heavy atom. The normalized spacial score (nSPS) is 13.0. The highest BCUT2D eigenvalue weighted by Crippen LogP contribution is 2.24. The number of nitrogens with zero attached hydrogens (tertiary/aromatic N) is 2. The van der Waals surface area contributed by atoms with Gasteiger partial charge in [0.15, 0.2) is 5.82 Å². The van der Waals surface area contributed by atoms with E-state index in [0.29, 0.717) is 30.9 Å². The summed E-state index contributed by atoms with van der Waals surface area (Å²) in [6, 6.07) is 5.24. The van der Waals surface area contributed by atoms with Gasteiger partial charge in [0.05, 0.1) is 5.69 Å². The molecule has 1 aromatic carbocycles. The average molecular weight is 302 g/mol. The molecule has 6 nitrogen and oxygen atoms in total. The van der Waals surface area contributed by atoms with Gasteiger partial charge < -0.3 is 10.6 Å². The number of rotatable bonds is 3.